The van der Waals surface area contributed by atoms with Crippen LogP contribution in [0.5, 0.6) is 0 Å². The highest BCUT2D eigenvalue weighted by molar-refractivity contribution is 4.92. The fraction of sp³-hybridized carbons (Fsp3) is 0.846. The summed E-state index contributed by atoms with van der Waals surface area (Å²) in [6.07, 6.45) is 26.2. The minimum atomic E-state index is 0.937. The van der Waals surface area contributed by atoms with Gasteiger partial charge in [0, 0.05) is 45.9 Å². The number of hydrogen-bond donors (Lipinski definition) is 0. The molecule has 1 fully saturated rings. The van der Waals surface area contributed by atoms with Crippen molar-refractivity contribution in [2.24, 2.45) is 0 Å². The number of ether oxygens (including phenoxy) is 1. The van der Waals surface area contributed by atoms with Crippen LogP contribution < -0.4 is 0 Å². The Bertz CT molecular complexity index is 386. The van der Waals surface area contributed by atoms with Gasteiger partial charge in [0.05, 0.1) is 0 Å². The standard InChI is InChI=1S/C26H50N2O/c1-3-4-5-6-7-8-9-10-11-12-13-14-15-16-17-18-25-29-26-19-20-28-23-21-27(2)22-24-28/h7-8,10-11H,3-6,9,12-26H2,1-2H3/b8-7-,11-10-. The molecule has 0 aromatic rings. The molecule has 29 heavy (non-hydrogen) atoms. The first-order valence-electron chi connectivity index (χ1n) is 12.6. The van der Waals surface area contributed by atoms with E-state index in [1.165, 1.54) is 110 Å². The second-order valence-electron chi connectivity index (χ2n) is 8.70. The van der Waals surface area contributed by atoms with Crippen LogP contribution >= 0.6 is 0 Å². The van der Waals surface area contributed by atoms with Crippen molar-refractivity contribution in [2.45, 2.75) is 90.4 Å². The van der Waals surface area contributed by atoms with Gasteiger partial charge in [-0.05, 0) is 52.0 Å². The van der Waals surface area contributed by atoms with E-state index in [2.05, 4.69) is 48.1 Å². The first-order valence-corrected chi connectivity index (χ1v) is 12.6. The highest BCUT2D eigenvalue weighted by Gasteiger charge is 2.12. The van der Waals surface area contributed by atoms with Gasteiger partial charge in [-0.25, -0.2) is 0 Å². The molecule has 0 saturated carbocycles. The van der Waals surface area contributed by atoms with Crippen molar-refractivity contribution >= 4 is 0 Å². The molecule has 3 heteroatoms. The predicted molar refractivity (Wildman–Crippen MR) is 129 cm³/mol. The molecule has 0 N–H and O–H groups in total. The van der Waals surface area contributed by atoms with E-state index in [-0.39, 0.29) is 0 Å². The van der Waals surface area contributed by atoms with Gasteiger partial charge in [0.2, 0.25) is 0 Å². The van der Waals surface area contributed by atoms with Gasteiger partial charge in [-0.2, -0.15) is 0 Å². The van der Waals surface area contributed by atoms with Crippen molar-refractivity contribution in [2.75, 3.05) is 53.0 Å². The number of likely N-dealkylation sites (N-methyl/N-ethyl adjacent to an activating group) is 1. The van der Waals surface area contributed by atoms with Crippen molar-refractivity contribution in [3.8, 4) is 0 Å². The summed E-state index contributed by atoms with van der Waals surface area (Å²) in [5, 5.41) is 0. The Hall–Kier alpha value is -0.640. The van der Waals surface area contributed by atoms with Crippen molar-refractivity contribution in [1.29, 1.82) is 0 Å². The highest BCUT2D eigenvalue weighted by Crippen LogP contribution is 2.08. The number of allylic oxidation sites excluding steroid dienone is 4. The largest absolute Gasteiger partial charge is 0.381 e. The molecular weight excluding hydrogens is 356 g/mol. The lowest BCUT2D eigenvalue weighted by Crippen LogP contribution is -2.44. The first-order chi connectivity index (χ1) is 14.3. The summed E-state index contributed by atoms with van der Waals surface area (Å²) in [5.41, 5.74) is 0. The van der Waals surface area contributed by atoms with Crippen molar-refractivity contribution in [3.63, 3.8) is 0 Å². The van der Waals surface area contributed by atoms with E-state index in [9.17, 15) is 0 Å². The molecular formula is C26H50N2O. The lowest BCUT2D eigenvalue weighted by Gasteiger charge is -2.32. The Morgan fingerprint density at radius 3 is 1.93 bits per heavy atom. The summed E-state index contributed by atoms with van der Waals surface area (Å²) >= 11 is 0. The van der Waals surface area contributed by atoms with Crippen molar-refractivity contribution in [1.82, 2.24) is 9.80 Å². The molecule has 0 amide bonds. The van der Waals surface area contributed by atoms with Gasteiger partial charge in [-0.1, -0.05) is 69.8 Å². The number of rotatable bonds is 19. The highest BCUT2D eigenvalue weighted by atomic mass is 16.5. The van der Waals surface area contributed by atoms with E-state index in [4.69, 9.17) is 4.74 Å². The maximum Gasteiger partial charge on any atom is 0.0478 e. The van der Waals surface area contributed by atoms with Gasteiger partial charge in [0.1, 0.15) is 0 Å². The van der Waals surface area contributed by atoms with Crippen LogP contribution in [0.15, 0.2) is 24.3 Å². The Kier molecular flexibility index (Phi) is 18.8. The van der Waals surface area contributed by atoms with Gasteiger partial charge in [-0.15, -0.1) is 0 Å². The molecule has 1 rings (SSSR count). The van der Waals surface area contributed by atoms with E-state index in [0.29, 0.717) is 0 Å². The van der Waals surface area contributed by atoms with Crippen LogP contribution in [-0.2, 0) is 4.74 Å². The molecule has 1 aliphatic heterocycles. The molecule has 1 saturated heterocycles. The second-order valence-corrected chi connectivity index (χ2v) is 8.70. The number of unbranched alkanes of at least 4 members (excludes halogenated alkanes) is 9. The summed E-state index contributed by atoms with van der Waals surface area (Å²) in [6, 6.07) is 0. The van der Waals surface area contributed by atoms with Crippen LogP contribution in [0.2, 0.25) is 0 Å². The third-order valence-electron chi connectivity index (χ3n) is 5.85. The summed E-state index contributed by atoms with van der Waals surface area (Å²) < 4.78 is 5.81. The van der Waals surface area contributed by atoms with E-state index in [1.54, 1.807) is 0 Å². The zero-order chi connectivity index (χ0) is 20.8. The molecule has 3 nitrogen and oxygen atoms in total. The average molecular weight is 407 g/mol. The van der Waals surface area contributed by atoms with Crippen molar-refractivity contribution in [3.05, 3.63) is 24.3 Å². The topological polar surface area (TPSA) is 15.7 Å². The molecule has 1 aliphatic rings. The first kappa shape index (κ1) is 26.4. The normalized spacial score (nSPS) is 16.5. The van der Waals surface area contributed by atoms with Gasteiger partial charge >= 0.3 is 0 Å². The van der Waals surface area contributed by atoms with Gasteiger partial charge in [0.15, 0.2) is 0 Å². The summed E-state index contributed by atoms with van der Waals surface area (Å²) in [6.45, 7) is 10.2. The molecule has 0 spiro atoms. The lowest BCUT2D eigenvalue weighted by molar-refractivity contribution is 0.103. The van der Waals surface area contributed by atoms with Crippen LogP contribution in [0, 0.1) is 0 Å². The Balaban J connectivity index is 1.72. The van der Waals surface area contributed by atoms with E-state index in [1.807, 2.05) is 0 Å². The fourth-order valence-corrected chi connectivity index (χ4v) is 3.76. The summed E-state index contributed by atoms with van der Waals surface area (Å²) in [4.78, 5) is 4.99. The monoisotopic (exact) mass is 406 g/mol. The number of piperazine rings is 1. The molecule has 170 valence electrons. The maximum atomic E-state index is 5.81. The SMILES string of the molecule is CCCCC/C=C\C/C=C\CCCCCCCCOCCCN1CCN(C)CC1. The fourth-order valence-electron chi connectivity index (χ4n) is 3.76. The molecule has 0 aliphatic carbocycles. The van der Waals surface area contributed by atoms with Gasteiger partial charge in [-0.3, -0.25) is 0 Å². The third-order valence-corrected chi connectivity index (χ3v) is 5.85. The van der Waals surface area contributed by atoms with Crippen LogP contribution in [0.25, 0.3) is 0 Å². The smallest absolute Gasteiger partial charge is 0.0478 e. The molecule has 0 unspecified atom stereocenters. The minimum absolute atomic E-state index is 0.937. The summed E-state index contributed by atoms with van der Waals surface area (Å²) in [5.74, 6) is 0. The number of hydrogen-bond acceptors (Lipinski definition) is 3. The van der Waals surface area contributed by atoms with Crippen LogP contribution in [0.1, 0.15) is 90.4 Å². The average Bonchev–Trinajstić information content (AvgIpc) is 2.73. The Labute approximate surface area is 182 Å². The van der Waals surface area contributed by atoms with Crippen LogP contribution in [-0.4, -0.2) is 62.8 Å². The minimum Gasteiger partial charge on any atom is -0.381 e. The molecule has 0 radical (unpaired) electrons. The second kappa shape index (κ2) is 20.6. The maximum absolute atomic E-state index is 5.81. The third kappa shape index (κ3) is 17.9. The van der Waals surface area contributed by atoms with Crippen LogP contribution in [0.3, 0.4) is 0 Å². The molecule has 0 bridgehead atoms. The molecule has 1 heterocycles. The van der Waals surface area contributed by atoms with Crippen LogP contribution in [0.4, 0.5) is 0 Å². The zero-order valence-corrected chi connectivity index (χ0v) is 19.8. The molecule has 0 aromatic heterocycles. The zero-order valence-electron chi connectivity index (χ0n) is 19.8. The van der Waals surface area contributed by atoms with E-state index >= 15 is 0 Å². The predicted octanol–water partition coefficient (Wildman–Crippen LogP) is 6.45. The quantitative estimate of drug-likeness (QED) is 0.181. The van der Waals surface area contributed by atoms with Gasteiger partial charge < -0.3 is 14.5 Å². The van der Waals surface area contributed by atoms with E-state index < -0.39 is 0 Å². The Morgan fingerprint density at radius 2 is 1.24 bits per heavy atom. The summed E-state index contributed by atoms with van der Waals surface area (Å²) in [7, 11) is 2.22. The number of nitrogens with zero attached hydrogens (tertiary/aromatic N) is 2. The molecule has 0 aromatic carbocycles. The van der Waals surface area contributed by atoms with Gasteiger partial charge in [0.25, 0.3) is 0 Å². The van der Waals surface area contributed by atoms with Crippen molar-refractivity contribution < 1.29 is 4.74 Å². The lowest BCUT2D eigenvalue weighted by atomic mass is 10.1. The molecule has 0 atom stereocenters. The van der Waals surface area contributed by atoms with E-state index in [0.717, 1.165) is 19.6 Å². The Morgan fingerprint density at radius 1 is 0.655 bits per heavy atom.